The van der Waals surface area contributed by atoms with E-state index in [4.69, 9.17) is 13.0 Å². The molecule has 0 amide bonds. The van der Waals surface area contributed by atoms with Gasteiger partial charge in [0, 0.05) is 13.2 Å². The third-order valence-corrected chi connectivity index (χ3v) is 11.6. The van der Waals surface area contributed by atoms with Gasteiger partial charge in [-0.2, -0.15) is 0 Å². The van der Waals surface area contributed by atoms with Gasteiger partial charge in [0.25, 0.3) is 0 Å². The molecule has 2 aliphatic rings. The van der Waals surface area contributed by atoms with E-state index in [2.05, 4.69) is 26.2 Å². The Labute approximate surface area is 158 Å². The van der Waals surface area contributed by atoms with Crippen LogP contribution >= 0.6 is 0 Å². The van der Waals surface area contributed by atoms with Crippen molar-refractivity contribution in [3.63, 3.8) is 0 Å². The Morgan fingerprint density at radius 1 is 0.640 bits per heavy atom. The highest BCUT2D eigenvalue weighted by molar-refractivity contribution is 6.78. The van der Waals surface area contributed by atoms with Crippen molar-refractivity contribution in [2.75, 3.05) is 13.2 Å². The van der Waals surface area contributed by atoms with Crippen molar-refractivity contribution in [1.29, 1.82) is 0 Å². The highest BCUT2D eigenvalue weighted by Gasteiger charge is 2.36. The fourth-order valence-electron chi connectivity index (χ4n) is 4.63. The molecule has 0 bridgehead atoms. The van der Waals surface area contributed by atoms with Crippen molar-refractivity contribution >= 4 is 17.1 Å². The molecule has 0 spiro atoms. The summed E-state index contributed by atoms with van der Waals surface area (Å²) in [4.78, 5) is 0. The van der Waals surface area contributed by atoms with Crippen molar-refractivity contribution in [3.05, 3.63) is 0 Å². The van der Waals surface area contributed by atoms with Gasteiger partial charge in [-0.05, 0) is 63.7 Å². The normalized spacial score (nSPS) is 20.6. The van der Waals surface area contributed by atoms with Crippen LogP contribution in [0.25, 0.3) is 0 Å². The molecule has 0 aromatic carbocycles. The first-order valence-electron chi connectivity index (χ1n) is 10.8. The number of hydrogen-bond acceptors (Lipinski definition) is 3. The molecule has 0 unspecified atom stereocenters. The molecule has 0 heterocycles. The van der Waals surface area contributed by atoms with Crippen molar-refractivity contribution in [1.82, 2.24) is 0 Å². The topological polar surface area (TPSA) is 27.7 Å². The molecule has 0 aromatic heterocycles. The van der Waals surface area contributed by atoms with Crippen LogP contribution < -0.4 is 0 Å². The molecule has 0 aliphatic heterocycles. The van der Waals surface area contributed by atoms with Crippen LogP contribution in [0.5, 0.6) is 0 Å². The van der Waals surface area contributed by atoms with Gasteiger partial charge in [-0.15, -0.1) is 0 Å². The molecule has 0 atom stereocenters. The third kappa shape index (κ3) is 9.18. The minimum absolute atomic E-state index is 0.863. The van der Waals surface area contributed by atoms with Gasteiger partial charge in [0.05, 0.1) is 0 Å². The van der Waals surface area contributed by atoms with Gasteiger partial charge in [-0.1, -0.05) is 51.4 Å². The van der Waals surface area contributed by atoms with Gasteiger partial charge >= 0.3 is 17.1 Å². The van der Waals surface area contributed by atoms with Gasteiger partial charge in [-0.25, -0.2) is 0 Å². The van der Waals surface area contributed by atoms with E-state index in [1.165, 1.54) is 77.0 Å². The maximum atomic E-state index is 6.40. The molecular formula is C20H42O3Si2. The van der Waals surface area contributed by atoms with Gasteiger partial charge in [-0.3, -0.25) is 0 Å². The summed E-state index contributed by atoms with van der Waals surface area (Å²) in [6.07, 6.45) is 16.5. The lowest BCUT2D eigenvalue weighted by atomic mass is 10.0. The third-order valence-electron chi connectivity index (χ3n) is 5.85. The Bertz CT molecular complexity index is 328. The average Bonchev–Trinajstić information content (AvgIpc) is 3.20. The minimum Gasteiger partial charge on any atom is -0.415 e. The van der Waals surface area contributed by atoms with Crippen LogP contribution in [-0.4, -0.2) is 30.3 Å². The molecule has 2 aliphatic carbocycles. The number of hydrogen-bond donors (Lipinski definition) is 0. The molecular weight excluding hydrogens is 344 g/mol. The standard InChI is InChI=1S/C20H42O3Si2/c1-24(2,21-17-9-15-19-11-5-6-12-19)23-25(3,4)22-18-10-16-20-13-7-8-14-20/h19-20H,5-18H2,1-4H3. The van der Waals surface area contributed by atoms with E-state index in [-0.39, 0.29) is 0 Å². The van der Waals surface area contributed by atoms with Crippen LogP contribution in [0.15, 0.2) is 0 Å². The van der Waals surface area contributed by atoms with Crippen LogP contribution in [-0.2, 0) is 13.0 Å². The zero-order chi connectivity index (χ0) is 18.2. The van der Waals surface area contributed by atoms with Crippen molar-refractivity contribution < 1.29 is 13.0 Å². The van der Waals surface area contributed by atoms with Crippen molar-refractivity contribution in [2.24, 2.45) is 11.8 Å². The first kappa shape index (κ1) is 21.6. The molecule has 5 heteroatoms. The summed E-state index contributed by atoms with van der Waals surface area (Å²) in [5.74, 6) is 1.92. The lowest BCUT2D eigenvalue weighted by Gasteiger charge is -2.32. The van der Waals surface area contributed by atoms with Crippen LogP contribution in [0.1, 0.15) is 77.0 Å². The van der Waals surface area contributed by atoms with E-state index in [1.807, 2.05) is 0 Å². The lowest BCUT2D eigenvalue weighted by Crippen LogP contribution is -2.48. The predicted octanol–water partition coefficient (Wildman–Crippen LogP) is 6.38. The second-order valence-corrected chi connectivity index (χ2v) is 16.2. The van der Waals surface area contributed by atoms with E-state index in [0.29, 0.717) is 0 Å². The van der Waals surface area contributed by atoms with Crippen LogP contribution in [0.2, 0.25) is 26.2 Å². The SMILES string of the molecule is C[Si](C)(OCCCC1CCCC1)O[Si](C)(C)OCCCC1CCCC1. The summed E-state index contributed by atoms with van der Waals surface area (Å²) in [5.41, 5.74) is 0. The Balaban J connectivity index is 1.55. The van der Waals surface area contributed by atoms with Gasteiger partial charge in [0.1, 0.15) is 0 Å². The highest BCUT2D eigenvalue weighted by atomic mass is 28.5. The van der Waals surface area contributed by atoms with Crippen molar-refractivity contribution in [3.8, 4) is 0 Å². The summed E-state index contributed by atoms with van der Waals surface area (Å²) in [6, 6.07) is 0. The largest absolute Gasteiger partial charge is 0.415 e. The Hall–Kier alpha value is 0.314. The van der Waals surface area contributed by atoms with E-state index >= 15 is 0 Å². The molecule has 2 saturated carbocycles. The van der Waals surface area contributed by atoms with Crippen LogP contribution in [0.4, 0.5) is 0 Å². The van der Waals surface area contributed by atoms with Crippen molar-refractivity contribution in [2.45, 2.75) is 103 Å². The predicted molar refractivity (Wildman–Crippen MR) is 110 cm³/mol. The first-order chi connectivity index (χ1) is 11.9. The van der Waals surface area contributed by atoms with Gasteiger partial charge in [0.2, 0.25) is 0 Å². The second kappa shape index (κ2) is 10.6. The molecule has 2 fully saturated rings. The number of rotatable bonds is 12. The summed E-state index contributed by atoms with van der Waals surface area (Å²) >= 11 is 0. The van der Waals surface area contributed by atoms with E-state index in [1.54, 1.807) is 0 Å². The molecule has 0 aromatic rings. The maximum Gasteiger partial charge on any atom is 0.322 e. The quantitative estimate of drug-likeness (QED) is 0.288. The van der Waals surface area contributed by atoms with E-state index in [0.717, 1.165) is 25.0 Å². The molecule has 0 saturated heterocycles. The molecule has 3 nitrogen and oxygen atoms in total. The Morgan fingerprint density at radius 3 is 1.36 bits per heavy atom. The average molecular weight is 387 g/mol. The molecule has 25 heavy (non-hydrogen) atoms. The Kier molecular flexibility index (Phi) is 9.16. The monoisotopic (exact) mass is 386 g/mol. The maximum absolute atomic E-state index is 6.40. The fourth-order valence-corrected chi connectivity index (χ4v) is 11.1. The molecule has 0 radical (unpaired) electrons. The zero-order valence-electron chi connectivity index (χ0n) is 17.3. The van der Waals surface area contributed by atoms with Gasteiger partial charge in [0.15, 0.2) is 0 Å². The Morgan fingerprint density at radius 2 is 1.00 bits per heavy atom. The highest BCUT2D eigenvalue weighted by Crippen LogP contribution is 2.29. The zero-order valence-corrected chi connectivity index (χ0v) is 19.3. The summed E-state index contributed by atoms with van der Waals surface area (Å²) in [6.45, 7) is 10.4. The molecule has 0 N–H and O–H groups in total. The summed E-state index contributed by atoms with van der Waals surface area (Å²) in [5, 5.41) is 0. The fraction of sp³-hybridized carbons (Fsp3) is 1.00. The van der Waals surface area contributed by atoms with Gasteiger partial charge < -0.3 is 13.0 Å². The smallest absolute Gasteiger partial charge is 0.322 e. The second-order valence-electron chi connectivity index (χ2n) is 9.18. The molecule has 2 rings (SSSR count). The molecule has 148 valence electrons. The summed E-state index contributed by atoms with van der Waals surface area (Å²) in [7, 11) is -4.13. The van der Waals surface area contributed by atoms with E-state index in [9.17, 15) is 0 Å². The first-order valence-corrected chi connectivity index (χ1v) is 16.5. The lowest BCUT2D eigenvalue weighted by molar-refractivity contribution is 0.186. The van der Waals surface area contributed by atoms with Crippen LogP contribution in [0.3, 0.4) is 0 Å². The van der Waals surface area contributed by atoms with Crippen LogP contribution in [0, 0.1) is 11.8 Å². The van der Waals surface area contributed by atoms with E-state index < -0.39 is 17.1 Å². The summed E-state index contributed by atoms with van der Waals surface area (Å²) < 4.78 is 18.8. The minimum atomic E-state index is -2.06.